The molecule has 10 nitrogen and oxygen atoms in total. The maximum absolute atomic E-state index is 12.5. The van der Waals surface area contributed by atoms with Gasteiger partial charge in [-0.2, -0.15) is 0 Å². The van der Waals surface area contributed by atoms with E-state index in [0.717, 1.165) is 25.2 Å². The quantitative estimate of drug-likeness (QED) is 0.209. The van der Waals surface area contributed by atoms with E-state index in [0.29, 0.717) is 23.4 Å². The van der Waals surface area contributed by atoms with E-state index in [2.05, 4.69) is 44.4 Å². The number of nitrogens with one attached hydrogen (secondary N) is 3. The predicted molar refractivity (Wildman–Crippen MR) is 144 cm³/mol. The zero-order valence-corrected chi connectivity index (χ0v) is 22.7. The number of anilines is 1. The third kappa shape index (κ3) is 9.19. The molecule has 10 heteroatoms. The Morgan fingerprint density at radius 1 is 0.973 bits per heavy atom. The van der Waals surface area contributed by atoms with Crippen LogP contribution in [-0.4, -0.2) is 66.6 Å². The molecule has 1 aliphatic heterocycles. The van der Waals surface area contributed by atoms with Crippen LogP contribution in [0.15, 0.2) is 12.7 Å². The Morgan fingerprint density at radius 2 is 1.62 bits per heavy atom. The fourth-order valence-electron chi connectivity index (χ4n) is 4.91. The number of ether oxygens (including phenoxy) is 1. The minimum absolute atomic E-state index is 0.130. The van der Waals surface area contributed by atoms with E-state index >= 15 is 0 Å². The molecule has 208 valence electrons. The van der Waals surface area contributed by atoms with Crippen molar-refractivity contribution < 1.29 is 19.7 Å². The van der Waals surface area contributed by atoms with Gasteiger partial charge in [-0.05, 0) is 19.3 Å². The van der Waals surface area contributed by atoms with E-state index < -0.39 is 30.6 Å². The van der Waals surface area contributed by atoms with Crippen LogP contribution in [0.3, 0.4) is 0 Å². The molecule has 1 aliphatic rings. The number of aliphatic hydroxyl groups is 2. The second kappa shape index (κ2) is 15.2. The van der Waals surface area contributed by atoms with Gasteiger partial charge in [0.05, 0.1) is 18.5 Å². The zero-order valence-electron chi connectivity index (χ0n) is 22.7. The van der Waals surface area contributed by atoms with Crippen molar-refractivity contribution in [1.82, 2.24) is 25.3 Å². The number of hydrogen-bond acceptors (Lipinski definition) is 8. The van der Waals surface area contributed by atoms with Crippen molar-refractivity contribution in [2.24, 2.45) is 5.92 Å². The second-order valence-electron chi connectivity index (χ2n) is 10.8. The van der Waals surface area contributed by atoms with Gasteiger partial charge in [-0.15, -0.1) is 0 Å². The number of imidazole rings is 1. The lowest BCUT2D eigenvalue weighted by atomic mass is 9.95. The molecular formula is C27H46N6O4. The molecule has 2 aromatic heterocycles. The Labute approximate surface area is 220 Å². The van der Waals surface area contributed by atoms with Gasteiger partial charge in [-0.3, -0.25) is 4.79 Å². The van der Waals surface area contributed by atoms with Crippen molar-refractivity contribution >= 4 is 22.9 Å². The SMILES string of the molecule is CC(C)CCCCCCCCCCCCC(=O)N[C@@H]1[C@@H](O)[C@H](O)[C@@H](Nc2ncnc3nc[nH]c23)O[C@H]1C. The maximum Gasteiger partial charge on any atom is 0.220 e. The summed E-state index contributed by atoms with van der Waals surface area (Å²) in [4.78, 5) is 27.8. The van der Waals surface area contributed by atoms with Crippen molar-refractivity contribution in [2.75, 3.05) is 5.32 Å². The van der Waals surface area contributed by atoms with Gasteiger partial charge in [0.15, 0.2) is 17.7 Å². The normalized spacial score (nSPS) is 24.0. The summed E-state index contributed by atoms with van der Waals surface area (Å²) in [5.74, 6) is 1.10. The minimum Gasteiger partial charge on any atom is -0.388 e. The highest BCUT2D eigenvalue weighted by atomic mass is 16.5. The molecule has 1 saturated heterocycles. The third-order valence-corrected chi connectivity index (χ3v) is 7.16. The van der Waals surface area contributed by atoms with Crippen molar-refractivity contribution in [1.29, 1.82) is 0 Å². The van der Waals surface area contributed by atoms with Crippen LogP contribution < -0.4 is 10.6 Å². The summed E-state index contributed by atoms with van der Waals surface area (Å²) in [5, 5.41) is 27.3. The van der Waals surface area contributed by atoms with Crippen LogP contribution in [0.4, 0.5) is 5.82 Å². The fraction of sp³-hybridized carbons (Fsp3) is 0.778. The molecule has 5 N–H and O–H groups in total. The molecule has 0 aromatic carbocycles. The van der Waals surface area contributed by atoms with E-state index in [4.69, 9.17) is 4.74 Å². The Kier molecular flexibility index (Phi) is 12.0. The number of unbranched alkanes of at least 4 members (excludes halogenated alkanes) is 9. The molecule has 0 bridgehead atoms. The number of hydrogen-bond donors (Lipinski definition) is 5. The van der Waals surface area contributed by atoms with Crippen LogP contribution >= 0.6 is 0 Å². The van der Waals surface area contributed by atoms with Crippen LogP contribution in [-0.2, 0) is 9.53 Å². The Morgan fingerprint density at radius 3 is 2.30 bits per heavy atom. The summed E-state index contributed by atoms with van der Waals surface area (Å²) < 4.78 is 5.90. The number of carbonyl (C=O) groups excluding carboxylic acids is 1. The molecular weight excluding hydrogens is 472 g/mol. The summed E-state index contributed by atoms with van der Waals surface area (Å²) >= 11 is 0. The van der Waals surface area contributed by atoms with Gasteiger partial charge in [0.2, 0.25) is 5.91 Å². The van der Waals surface area contributed by atoms with Crippen molar-refractivity contribution in [2.45, 2.75) is 128 Å². The number of carbonyl (C=O) groups is 1. The zero-order chi connectivity index (χ0) is 26.6. The van der Waals surface area contributed by atoms with Crippen LogP contribution in [0, 0.1) is 5.92 Å². The largest absolute Gasteiger partial charge is 0.388 e. The average molecular weight is 519 g/mol. The van der Waals surface area contributed by atoms with Gasteiger partial charge in [-0.1, -0.05) is 78.1 Å². The smallest absolute Gasteiger partial charge is 0.220 e. The lowest BCUT2D eigenvalue weighted by Gasteiger charge is -2.42. The Bertz CT molecular complexity index is 939. The van der Waals surface area contributed by atoms with Crippen LogP contribution in [0.5, 0.6) is 0 Å². The van der Waals surface area contributed by atoms with Crippen LogP contribution in [0.1, 0.15) is 97.8 Å². The maximum atomic E-state index is 12.5. The molecule has 1 fully saturated rings. The van der Waals surface area contributed by atoms with Crippen molar-refractivity contribution in [3.8, 4) is 0 Å². The van der Waals surface area contributed by atoms with Gasteiger partial charge >= 0.3 is 0 Å². The summed E-state index contributed by atoms with van der Waals surface area (Å²) in [6.45, 7) is 6.35. The third-order valence-electron chi connectivity index (χ3n) is 7.16. The Balaban J connectivity index is 1.29. The molecule has 0 aliphatic carbocycles. The molecule has 0 unspecified atom stereocenters. The summed E-state index contributed by atoms with van der Waals surface area (Å²) in [5.41, 5.74) is 1.06. The first-order valence-electron chi connectivity index (χ1n) is 14.1. The highest BCUT2D eigenvalue weighted by molar-refractivity contribution is 5.82. The number of aromatic nitrogens is 4. The molecule has 2 aromatic rings. The first-order chi connectivity index (χ1) is 17.9. The molecule has 3 rings (SSSR count). The van der Waals surface area contributed by atoms with Crippen LogP contribution in [0.2, 0.25) is 0 Å². The molecule has 0 radical (unpaired) electrons. The number of fused-ring (bicyclic) bond motifs is 1. The predicted octanol–water partition coefficient (Wildman–Crippen LogP) is 4.05. The second-order valence-corrected chi connectivity index (χ2v) is 10.8. The number of nitrogens with zero attached hydrogens (tertiary/aromatic N) is 3. The van der Waals surface area contributed by atoms with Gasteiger partial charge in [0, 0.05) is 6.42 Å². The number of H-pyrrole nitrogens is 1. The standard InChI is InChI=1S/C27H46N6O4/c1-18(2)14-12-10-8-6-4-5-7-9-11-13-15-20(34)32-21-19(3)37-27(24(36)23(21)35)33-26-22-25(29-16-28-22)30-17-31-26/h16-19,21,23-24,27,35-36H,4-15H2,1-3H3,(H,32,34)(H2,28,29,30,31,33)/t19-,21-,23+,24-,27-/m0/s1. The van der Waals surface area contributed by atoms with E-state index in [1.165, 1.54) is 64.0 Å². The lowest BCUT2D eigenvalue weighted by molar-refractivity contribution is -0.172. The van der Waals surface area contributed by atoms with Gasteiger partial charge in [0.1, 0.15) is 24.1 Å². The lowest BCUT2D eigenvalue weighted by Crippen LogP contribution is -2.64. The molecule has 0 saturated carbocycles. The molecule has 1 amide bonds. The monoisotopic (exact) mass is 518 g/mol. The Hall–Kier alpha value is -2.30. The minimum atomic E-state index is -1.26. The fourth-order valence-corrected chi connectivity index (χ4v) is 4.91. The number of aromatic amines is 1. The molecule has 5 atom stereocenters. The molecule has 3 heterocycles. The summed E-state index contributed by atoms with van der Waals surface area (Å²) in [6.07, 6.45) is 12.9. The van der Waals surface area contributed by atoms with Gasteiger partial charge < -0.3 is 30.6 Å². The van der Waals surface area contributed by atoms with Crippen molar-refractivity contribution in [3.05, 3.63) is 12.7 Å². The number of amides is 1. The van der Waals surface area contributed by atoms with E-state index in [1.807, 2.05) is 0 Å². The van der Waals surface area contributed by atoms with Gasteiger partial charge in [-0.25, -0.2) is 15.0 Å². The molecule has 37 heavy (non-hydrogen) atoms. The highest BCUT2D eigenvalue weighted by Gasteiger charge is 2.43. The summed E-state index contributed by atoms with van der Waals surface area (Å²) in [7, 11) is 0. The highest BCUT2D eigenvalue weighted by Crippen LogP contribution is 2.24. The number of rotatable bonds is 16. The number of aliphatic hydroxyl groups excluding tert-OH is 2. The van der Waals surface area contributed by atoms with Crippen molar-refractivity contribution in [3.63, 3.8) is 0 Å². The summed E-state index contributed by atoms with van der Waals surface area (Å²) in [6, 6.07) is -0.696. The topological polar surface area (TPSA) is 145 Å². The van der Waals surface area contributed by atoms with Gasteiger partial charge in [0.25, 0.3) is 0 Å². The first kappa shape index (κ1) is 29.3. The average Bonchev–Trinajstić information content (AvgIpc) is 3.35. The van der Waals surface area contributed by atoms with E-state index in [-0.39, 0.29) is 5.91 Å². The van der Waals surface area contributed by atoms with Crippen LogP contribution in [0.25, 0.3) is 11.2 Å². The van der Waals surface area contributed by atoms with E-state index in [9.17, 15) is 15.0 Å². The first-order valence-corrected chi connectivity index (χ1v) is 14.1. The van der Waals surface area contributed by atoms with E-state index in [1.54, 1.807) is 6.92 Å². The molecule has 0 spiro atoms.